The number of hydrogen-bond acceptors (Lipinski definition) is 4. The molecule has 0 amide bonds. The first-order chi connectivity index (χ1) is 15.6. The van der Waals surface area contributed by atoms with Crippen molar-refractivity contribution in [2.75, 3.05) is 26.2 Å². The van der Waals surface area contributed by atoms with E-state index in [-0.39, 0.29) is 0 Å². The molecule has 0 saturated carbocycles. The molecule has 2 heterocycles. The monoisotopic (exact) mass is 447 g/mol. The summed E-state index contributed by atoms with van der Waals surface area (Å²) >= 11 is 1.91. The van der Waals surface area contributed by atoms with Gasteiger partial charge in [0, 0.05) is 41.7 Å². The minimum Gasteiger partial charge on any atom is -0.300 e. The zero-order valence-electron chi connectivity index (χ0n) is 20.1. The molecule has 4 heteroatoms. The van der Waals surface area contributed by atoms with E-state index in [1.807, 2.05) is 11.3 Å². The second kappa shape index (κ2) is 10.7. The number of hydrogen-bond donors (Lipinski definition) is 0. The van der Waals surface area contributed by atoms with Crippen LogP contribution in [0.25, 0.3) is 21.8 Å². The Hall–Kier alpha value is -2.01. The Balaban J connectivity index is 1.71. The van der Waals surface area contributed by atoms with Gasteiger partial charge in [-0.25, -0.2) is 4.98 Å². The fourth-order valence-electron chi connectivity index (χ4n) is 4.77. The topological polar surface area (TPSA) is 19.4 Å². The van der Waals surface area contributed by atoms with Crippen molar-refractivity contribution in [1.82, 2.24) is 14.8 Å². The van der Waals surface area contributed by atoms with Crippen LogP contribution in [0.15, 0.2) is 48.5 Å². The normalized spacial score (nSPS) is 15.9. The van der Waals surface area contributed by atoms with Crippen molar-refractivity contribution in [2.45, 2.75) is 59.5 Å². The summed E-state index contributed by atoms with van der Waals surface area (Å²) in [6, 6.07) is 18.1. The predicted octanol–water partition coefficient (Wildman–Crippen LogP) is 6.52. The number of aryl methyl sites for hydroxylation is 2. The lowest BCUT2D eigenvalue weighted by Crippen LogP contribution is -2.34. The van der Waals surface area contributed by atoms with E-state index in [9.17, 15) is 0 Å². The van der Waals surface area contributed by atoms with Gasteiger partial charge in [-0.3, -0.25) is 9.80 Å². The molecule has 0 spiro atoms. The summed E-state index contributed by atoms with van der Waals surface area (Å²) < 4.78 is 0. The minimum atomic E-state index is 0.628. The number of benzene rings is 2. The molecule has 0 radical (unpaired) electrons. The van der Waals surface area contributed by atoms with Gasteiger partial charge in [-0.15, -0.1) is 11.3 Å². The zero-order chi connectivity index (χ0) is 22.5. The molecule has 0 N–H and O–H groups in total. The fourth-order valence-corrected chi connectivity index (χ4v) is 6.02. The molecule has 0 bridgehead atoms. The predicted molar refractivity (Wildman–Crippen MR) is 138 cm³/mol. The van der Waals surface area contributed by atoms with E-state index in [1.165, 1.54) is 50.8 Å². The third-order valence-corrected chi connectivity index (χ3v) is 7.74. The lowest BCUT2D eigenvalue weighted by atomic mass is 9.98. The van der Waals surface area contributed by atoms with Gasteiger partial charge in [0.25, 0.3) is 0 Å². The second-order valence-electron chi connectivity index (χ2n) is 9.07. The molecule has 3 aromatic rings. The number of nitrogens with zero attached hydrogens (tertiary/aromatic N) is 3. The molecule has 1 aliphatic heterocycles. The standard InChI is InChI=1S/C28H37N3S/c1-5-22-14-10-15-23(6-2)26(22)28-29-27(24-12-8-7-9-13-24)25(32-28)20-30-16-11-17-31(19-18-30)21(3)4/h7-10,12-15,21H,5-6,11,16-20H2,1-4H3. The van der Waals surface area contributed by atoms with Gasteiger partial charge in [-0.2, -0.15) is 0 Å². The Labute approximate surface area is 198 Å². The summed E-state index contributed by atoms with van der Waals surface area (Å²) in [7, 11) is 0. The Kier molecular flexibility index (Phi) is 7.77. The molecule has 0 aliphatic carbocycles. The van der Waals surface area contributed by atoms with Crippen molar-refractivity contribution in [3.63, 3.8) is 0 Å². The van der Waals surface area contributed by atoms with Crippen LogP contribution in [0.4, 0.5) is 0 Å². The maximum atomic E-state index is 5.28. The number of rotatable bonds is 7. The Bertz CT molecular complexity index is 987. The molecule has 0 atom stereocenters. The van der Waals surface area contributed by atoms with E-state index >= 15 is 0 Å². The first-order valence-electron chi connectivity index (χ1n) is 12.2. The highest BCUT2D eigenvalue weighted by molar-refractivity contribution is 7.15. The zero-order valence-corrected chi connectivity index (χ0v) is 20.9. The summed E-state index contributed by atoms with van der Waals surface area (Å²) in [6.07, 6.45) is 3.31. The van der Waals surface area contributed by atoms with E-state index in [1.54, 1.807) is 0 Å². The summed E-state index contributed by atoms with van der Waals surface area (Å²) in [5.74, 6) is 0. The smallest absolute Gasteiger partial charge is 0.124 e. The van der Waals surface area contributed by atoms with Crippen molar-refractivity contribution in [3.8, 4) is 21.8 Å². The van der Waals surface area contributed by atoms with E-state index in [4.69, 9.17) is 4.98 Å². The molecule has 170 valence electrons. The summed E-state index contributed by atoms with van der Waals surface area (Å²) in [6.45, 7) is 14.8. The van der Waals surface area contributed by atoms with Crippen LogP contribution < -0.4 is 0 Å². The SMILES string of the molecule is CCc1cccc(CC)c1-c1nc(-c2ccccc2)c(CN2CCCN(C(C)C)CC2)s1. The van der Waals surface area contributed by atoms with Crippen LogP contribution in [0.3, 0.4) is 0 Å². The molecular weight excluding hydrogens is 410 g/mol. The molecule has 32 heavy (non-hydrogen) atoms. The Morgan fingerprint density at radius 2 is 1.59 bits per heavy atom. The number of thiazole rings is 1. The van der Waals surface area contributed by atoms with Gasteiger partial charge in [-0.1, -0.05) is 62.4 Å². The minimum absolute atomic E-state index is 0.628. The van der Waals surface area contributed by atoms with Crippen LogP contribution in [0.5, 0.6) is 0 Å². The van der Waals surface area contributed by atoms with Gasteiger partial charge in [0.15, 0.2) is 0 Å². The fraction of sp³-hybridized carbons (Fsp3) is 0.464. The molecule has 4 rings (SSSR count). The van der Waals surface area contributed by atoms with E-state index in [2.05, 4.69) is 86.0 Å². The second-order valence-corrected chi connectivity index (χ2v) is 10.2. The lowest BCUT2D eigenvalue weighted by molar-refractivity contribution is 0.218. The summed E-state index contributed by atoms with van der Waals surface area (Å²) in [4.78, 5) is 11.9. The molecule has 0 unspecified atom stereocenters. The van der Waals surface area contributed by atoms with Crippen LogP contribution in [0.2, 0.25) is 0 Å². The molecular formula is C28H37N3S. The maximum Gasteiger partial charge on any atom is 0.124 e. The van der Waals surface area contributed by atoms with Crippen LogP contribution in [0.1, 0.15) is 50.1 Å². The first-order valence-corrected chi connectivity index (χ1v) is 13.0. The third-order valence-electron chi connectivity index (χ3n) is 6.68. The van der Waals surface area contributed by atoms with Crippen molar-refractivity contribution in [1.29, 1.82) is 0 Å². The Morgan fingerprint density at radius 1 is 0.875 bits per heavy atom. The summed E-state index contributed by atoms with van der Waals surface area (Å²) in [5, 5.41) is 1.19. The van der Waals surface area contributed by atoms with Crippen molar-refractivity contribution < 1.29 is 0 Å². The molecule has 1 saturated heterocycles. The van der Waals surface area contributed by atoms with Gasteiger partial charge in [0.2, 0.25) is 0 Å². The average molecular weight is 448 g/mol. The van der Waals surface area contributed by atoms with Crippen molar-refractivity contribution >= 4 is 11.3 Å². The molecule has 1 aromatic heterocycles. The average Bonchev–Trinajstić information content (AvgIpc) is 3.08. The van der Waals surface area contributed by atoms with E-state index < -0.39 is 0 Å². The number of aromatic nitrogens is 1. The van der Waals surface area contributed by atoms with Gasteiger partial charge < -0.3 is 0 Å². The van der Waals surface area contributed by atoms with Crippen LogP contribution in [0, 0.1) is 0 Å². The Morgan fingerprint density at radius 3 is 2.25 bits per heavy atom. The van der Waals surface area contributed by atoms with Gasteiger partial charge in [0.1, 0.15) is 5.01 Å². The lowest BCUT2D eigenvalue weighted by Gasteiger charge is -2.24. The molecule has 2 aromatic carbocycles. The van der Waals surface area contributed by atoms with Gasteiger partial charge in [-0.05, 0) is 57.3 Å². The van der Waals surface area contributed by atoms with Gasteiger partial charge >= 0.3 is 0 Å². The maximum absolute atomic E-state index is 5.28. The molecule has 1 fully saturated rings. The highest BCUT2D eigenvalue weighted by atomic mass is 32.1. The van der Waals surface area contributed by atoms with Crippen molar-refractivity contribution in [2.24, 2.45) is 0 Å². The molecule has 3 nitrogen and oxygen atoms in total. The van der Waals surface area contributed by atoms with Crippen molar-refractivity contribution in [3.05, 3.63) is 64.5 Å². The first kappa shape index (κ1) is 23.2. The van der Waals surface area contributed by atoms with E-state index in [0.717, 1.165) is 39.0 Å². The highest BCUT2D eigenvalue weighted by Gasteiger charge is 2.22. The van der Waals surface area contributed by atoms with Gasteiger partial charge in [0.05, 0.1) is 5.69 Å². The van der Waals surface area contributed by atoms with Crippen LogP contribution in [-0.4, -0.2) is 47.0 Å². The summed E-state index contributed by atoms with van der Waals surface area (Å²) in [5.41, 5.74) is 6.59. The quantitative estimate of drug-likeness (QED) is 0.411. The third kappa shape index (κ3) is 5.14. The van der Waals surface area contributed by atoms with Crippen LogP contribution in [-0.2, 0) is 19.4 Å². The highest BCUT2D eigenvalue weighted by Crippen LogP contribution is 2.38. The molecule has 1 aliphatic rings. The largest absolute Gasteiger partial charge is 0.300 e. The van der Waals surface area contributed by atoms with Crippen LogP contribution >= 0.6 is 11.3 Å². The van der Waals surface area contributed by atoms with E-state index in [0.29, 0.717) is 6.04 Å².